The molecular weight excluding hydrogens is 253 g/mol. The Bertz CT molecular complexity index is 98.6. The molecule has 11 heavy (non-hydrogen) atoms. The third-order valence-corrected chi connectivity index (χ3v) is 0.175. The van der Waals surface area contributed by atoms with Crippen LogP contribution in [-0.4, -0.2) is 16.6 Å². The molecule has 67 valence electrons. The number of nitrogens with two attached hydrogens (primary N) is 1. The zero-order chi connectivity index (χ0) is 8.99. The van der Waals surface area contributed by atoms with Crippen molar-refractivity contribution in [2.45, 2.75) is 6.92 Å². The summed E-state index contributed by atoms with van der Waals surface area (Å²) in [5.41, 5.74) is 6.25. The molecule has 0 unspecified atom stereocenters. The summed E-state index contributed by atoms with van der Waals surface area (Å²) in [7, 11) is 0. The van der Waals surface area contributed by atoms with Gasteiger partial charge in [0.05, 0.1) is 0 Å². The Hall–Kier alpha value is -0.277. The third kappa shape index (κ3) is 195. The minimum absolute atomic E-state index is 0. The van der Waals surface area contributed by atoms with Crippen LogP contribution in [0.2, 0.25) is 0 Å². The van der Waals surface area contributed by atoms with Gasteiger partial charge in [0.1, 0.15) is 0 Å². The number of carbonyl (C=O) groups is 1. The predicted molar refractivity (Wildman–Crippen MR) is 45.6 cm³/mol. The molecule has 1 radical (unpaired) electrons. The maximum absolute atomic E-state index is 9.25. The van der Waals surface area contributed by atoms with Gasteiger partial charge in [0.2, 0.25) is 0 Å². The molecule has 0 saturated heterocycles. The van der Waals surface area contributed by atoms with Crippen molar-refractivity contribution in [2.75, 3.05) is 0 Å². The normalized spacial score (nSPS) is 4.55. The molecule has 5 heteroatoms. The third-order valence-electron chi connectivity index (χ3n) is 0.175. The molecule has 0 bridgehead atoms. The van der Waals surface area contributed by atoms with Gasteiger partial charge in [-0.25, -0.2) is 4.79 Å². The Morgan fingerprint density at radius 2 is 1.91 bits per heavy atom. The summed E-state index contributed by atoms with van der Waals surface area (Å²) in [6.07, 6.45) is 0.833. The quantitative estimate of drug-likeness (QED) is 0.242. The van der Waals surface area contributed by atoms with Gasteiger partial charge in [0, 0.05) is 6.08 Å². The van der Waals surface area contributed by atoms with E-state index in [0.29, 0.717) is 0 Å². The van der Waals surface area contributed by atoms with Crippen LogP contribution in [0.5, 0.6) is 0 Å². The van der Waals surface area contributed by atoms with Gasteiger partial charge in [-0.3, -0.25) is 0 Å². The molecular formula is C6H11NO2RhS. The summed E-state index contributed by atoms with van der Waals surface area (Å²) < 4.78 is 0. The molecule has 0 aliphatic carbocycles. The molecule has 0 aromatic rings. The van der Waals surface area contributed by atoms with Crippen LogP contribution in [0.25, 0.3) is 0 Å². The number of carboxylic acid groups (broad SMARTS) is 1. The first-order chi connectivity index (χ1) is 4.68. The van der Waals surface area contributed by atoms with E-state index in [1.807, 2.05) is 5.49 Å². The number of hydrogen-bond acceptors (Lipinski definition) is 2. The molecule has 0 saturated carbocycles. The first kappa shape index (κ1) is 22.4. The van der Waals surface area contributed by atoms with Gasteiger partial charge in [0.15, 0.2) is 0 Å². The fourth-order valence-electron chi connectivity index (χ4n) is 0. The van der Waals surface area contributed by atoms with Crippen LogP contribution in [0.15, 0.2) is 12.7 Å². The second-order valence-corrected chi connectivity index (χ2v) is 0.896. The molecule has 0 amide bonds. The fraction of sp³-hybridized carbons (Fsp3) is 0.167. The van der Waals surface area contributed by atoms with Crippen LogP contribution in [0.4, 0.5) is 0 Å². The number of aliphatic carboxylic acids is 1. The molecule has 0 aromatic carbocycles. The van der Waals surface area contributed by atoms with E-state index < -0.39 is 5.97 Å². The standard InChI is InChI=1S/C3H4O2.C2H5.CH2NS.Rh/c1-2-3(4)5;1-2;2-1-3;/h2H,1H2,(H,4,5);1H2,2H3;(H2,2,3);/q;2*-1;+2. The second kappa shape index (κ2) is 33.2. The van der Waals surface area contributed by atoms with E-state index in [-0.39, 0.29) is 19.5 Å². The smallest absolute Gasteiger partial charge is 0.570 e. The molecule has 0 rings (SSSR count). The first-order valence-electron chi connectivity index (χ1n) is 2.32. The summed E-state index contributed by atoms with van der Waals surface area (Å²) >= 11 is 3.92. The van der Waals surface area contributed by atoms with E-state index in [1.54, 1.807) is 6.92 Å². The molecule has 3 nitrogen and oxygen atoms in total. The molecule has 0 aliphatic rings. The number of hydrogen-bond donors (Lipinski definition) is 2. The molecule has 0 aliphatic heterocycles. The van der Waals surface area contributed by atoms with E-state index in [9.17, 15) is 4.79 Å². The summed E-state index contributed by atoms with van der Waals surface area (Å²) in [6.45, 7) is 7.96. The van der Waals surface area contributed by atoms with Gasteiger partial charge in [-0.2, -0.15) is 6.92 Å². The van der Waals surface area contributed by atoms with Crippen molar-refractivity contribution in [3.8, 4) is 0 Å². The summed E-state index contributed by atoms with van der Waals surface area (Å²) in [5, 5.41) is 7.60. The Kier molecular flexibility index (Phi) is 67.6. The summed E-state index contributed by atoms with van der Waals surface area (Å²) in [5.74, 6) is -0.981. The Labute approximate surface area is 85.4 Å². The van der Waals surface area contributed by atoms with Crippen LogP contribution in [0.1, 0.15) is 6.92 Å². The average molecular weight is 264 g/mol. The van der Waals surface area contributed by atoms with Crippen molar-refractivity contribution < 1.29 is 29.4 Å². The minimum atomic E-state index is -0.981. The van der Waals surface area contributed by atoms with Crippen molar-refractivity contribution in [3.05, 3.63) is 19.6 Å². The topological polar surface area (TPSA) is 63.3 Å². The fourth-order valence-corrected chi connectivity index (χ4v) is 0. The van der Waals surface area contributed by atoms with E-state index in [4.69, 9.17) is 5.11 Å². The van der Waals surface area contributed by atoms with E-state index in [1.165, 1.54) is 0 Å². The van der Waals surface area contributed by atoms with Crippen LogP contribution in [0, 0.1) is 6.92 Å². The number of thiocarbonyl (C=S) groups is 1. The van der Waals surface area contributed by atoms with E-state index in [2.05, 4.69) is 31.5 Å². The number of rotatable bonds is 1. The zero-order valence-electron chi connectivity index (χ0n) is 6.17. The van der Waals surface area contributed by atoms with Gasteiger partial charge >= 0.3 is 25.4 Å². The zero-order valence-corrected chi connectivity index (χ0v) is 8.62. The maximum Gasteiger partial charge on any atom is 2.00 e. The first-order valence-corrected chi connectivity index (χ1v) is 2.73. The van der Waals surface area contributed by atoms with E-state index >= 15 is 0 Å². The Morgan fingerprint density at radius 1 is 1.82 bits per heavy atom. The Balaban J connectivity index is -0.0000000360. The second-order valence-electron chi connectivity index (χ2n) is 0.660. The van der Waals surface area contributed by atoms with Gasteiger partial charge in [-0.1, -0.05) is 6.58 Å². The van der Waals surface area contributed by atoms with Crippen molar-refractivity contribution in [1.29, 1.82) is 0 Å². The molecule has 3 N–H and O–H groups in total. The van der Waals surface area contributed by atoms with Crippen molar-refractivity contribution >= 4 is 23.7 Å². The van der Waals surface area contributed by atoms with Crippen LogP contribution < -0.4 is 5.73 Å². The molecule has 0 heterocycles. The van der Waals surface area contributed by atoms with Gasteiger partial charge in [-0.05, 0) is 0 Å². The predicted octanol–water partition coefficient (Wildman–Crippen LogP) is 0.874. The molecule has 0 atom stereocenters. The minimum Gasteiger partial charge on any atom is -0.570 e. The van der Waals surface area contributed by atoms with Crippen LogP contribution in [0.3, 0.4) is 0 Å². The summed E-state index contributed by atoms with van der Waals surface area (Å²) in [6, 6.07) is 0. The molecule has 0 aromatic heterocycles. The largest absolute Gasteiger partial charge is 2.00 e. The molecule has 0 spiro atoms. The molecule has 0 fully saturated rings. The van der Waals surface area contributed by atoms with E-state index in [0.717, 1.165) is 6.08 Å². The van der Waals surface area contributed by atoms with Crippen LogP contribution >= 0.6 is 12.2 Å². The monoisotopic (exact) mass is 264 g/mol. The van der Waals surface area contributed by atoms with Crippen molar-refractivity contribution in [3.63, 3.8) is 0 Å². The number of carboxylic acids is 1. The SMILES string of the molecule is C=CC(=O)O.N[C-]=S.[CH2-]C.[Rh+2]. The maximum atomic E-state index is 9.25. The van der Waals surface area contributed by atoms with Gasteiger partial charge < -0.3 is 35.5 Å². The van der Waals surface area contributed by atoms with Crippen molar-refractivity contribution in [1.82, 2.24) is 0 Å². The van der Waals surface area contributed by atoms with Gasteiger partial charge in [-0.15, -0.1) is 0 Å². The Morgan fingerprint density at radius 3 is 1.91 bits per heavy atom. The van der Waals surface area contributed by atoms with Gasteiger partial charge in [0.25, 0.3) is 0 Å². The van der Waals surface area contributed by atoms with Crippen LogP contribution in [-0.2, 0) is 24.3 Å². The van der Waals surface area contributed by atoms with Crippen molar-refractivity contribution in [2.24, 2.45) is 5.73 Å². The average Bonchev–Trinajstić information content (AvgIpc) is 1.94. The summed E-state index contributed by atoms with van der Waals surface area (Å²) in [4.78, 5) is 9.25.